The highest BCUT2D eigenvalue weighted by atomic mass is 16.6. The van der Waals surface area contributed by atoms with Gasteiger partial charge in [0.1, 0.15) is 0 Å². The molecule has 19 heavy (non-hydrogen) atoms. The molecule has 0 aliphatic rings. The van der Waals surface area contributed by atoms with E-state index in [2.05, 4.69) is 0 Å². The summed E-state index contributed by atoms with van der Waals surface area (Å²) < 4.78 is 10.5. The molecule has 106 valence electrons. The van der Waals surface area contributed by atoms with Gasteiger partial charge in [-0.05, 0) is 38.3 Å². The van der Waals surface area contributed by atoms with Crippen LogP contribution in [0.4, 0.5) is 5.69 Å². The van der Waals surface area contributed by atoms with Gasteiger partial charge in [0.25, 0.3) is 0 Å². The Morgan fingerprint density at radius 3 is 2.63 bits per heavy atom. The Balaban J connectivity index is 3.16. The van der Waals surface area contributed by atoms with Crippen LogP contribution in [0, 0.1) is 10.1 Å². The number of nitrogens with zero attached hydrogens (tertiary/aromatic N) is 1. The number of hydrogen-bond acceptors (Lipinski definition) is 5. The van der Waals surface area contributed by atoms with E-state index >= 15 is 0 Å². The number of nitro groups is 1. The van der Waals surface area contributed by atoms with Crippen LogP contribution in [-0.4, -0.2) is 24.7 Å². The second kappa shape index (κ2) is 6.94. The van der Waals surface area contributed by atoms with Crippen molar-refractivity contribution in [3.8, 4) is 11.5 Å². The molecule has 1 aromatic carbocycles. The average molecular weight is 268 g/mol. The van der Waals surface area contributed by atoms with Crippen molar-refractivity contribution in [1.29, 1.82) is 0 Å². The lowest BCUT2D eigenvalue weighted by atomic mass is 10.0. The summed E-state index contributed by atoms with van der Waals surface area (Å²) in [6, 6.07) is 3.35. The minimum Gasteiger partial charge on any atom is -0.490 e. The van der Waals surface area contributed by atoms with Gasteiger partial charge in [0.15, 0.2) is 5.75 Å². The zero-order valence-corrected chi connectivity index (χ0v) is 11.5. The maximum Gasteiger partial charge on any atom is 0.315 e. The van der Waals surface area contributed by atoms with Crippen molar-refractivity contribution in [2.24, 2.45) is 5.73 Å². The van der Waals surface area contributed by atoms with E-state index in [1.54, 1.807) is 6.07 Å². The third-order valence-corrected chi connectivity index (χ3v) is 2.68. The van der Waals surface area contributed by atoms with Gasteiger partial charge in [-0.25, -0.2) is 0 Å². The van der Waals surface area contributed by atoms with Crippen LogP contribution in [0.1, 0.15) is 25.8 Å². The van der Waals surface area contributed by atoms with Crippen LogP contribution in [0.25, 0.3) is 0 Å². The predicted molar refractivity (Wildman–Crippen MR) is 72.8 cm³/mol. The first-order valence-corrected chi connectivity index (χ1v) is 6.23. The summed E-state index contributed by atoms with van der Waals surface area (Å²) in [7, 11) is 1.40. The molecule has 0 fully saturated rings. The monoisotopic (exact) mass is 268 g/mol. The first-order chi connectivity index (χ1) is 8.99. The number of nitro benzene ring substituents is 1. The molecule has 6 heteroatoms. The van der Waals surface area contributed by atoms with Gasteiger partial charge < -0.3 is 15.2 Å². The summed E-state index contributed by atoms with van der Waals surface area (Å²) in [6.07, 6.45) is 1.43. The highest BCUT2D eigenvalue weighted by molar-refractivity contribution is 5.58. The van der Waals surface area contributed by atoms with Gasteiger partial charge in [0, 0.05) is 12.1 Å². The smallest absolute Gasteiger partial charge is 0.315 e. The summed E-state index contributed by atoms with van der Waals surface area (Å²) in [6.45, 7) is 4.14. The average Bonchev–Trinajstić information content (AvgIpc) is 2.36. The maximum absolute atomic E-state index is 11.1. The van der Waals surface area contributed by atoms with E-state index in [0.29, 0.717) is 18.8 Å². The number of hydrogen-bond donors (Lipinski definition) is 1. The van der Waals surface area contributed by atoms with Gasteiger partial charge in [0.2, 0.25) is 5.75 Å². The predicted octanol–water partition coefficient (Wildman–Crippen LogP) is 2.28. The van der Waals surface area contributed by atoms with E-state index in [1.165, 1.54) is 13.2 Å². The largest absolute Gasteiger partial charge is 0.490 e. The molecule has 0 bridgehead atoms. The van der Waals surface area contributed by atoms with Crippen LogP contribution >= 0.6 is 0 Å². The number of nitrogens with two attached hydrogens (primary N) is 1. The van der Waals surface area contributed by atoms with Crippen molar-refractivity contribution in [3.05, 3.63) is 27.8 Å². The van der Waals surface area contributed by atoms with Gasteiger partial charge in [-0.15, -0.1) is 0 Å². The molecule has 1 atom stereocenters. The second-order valence-electron chi connectivity index (χ2n) is 4.35. The SMILES string of the molecule is CCOc1cc(CCC(C)N)cc([N+](=O)[O-])c1OC. The molecule has 0 aliphatic carbocycles. The molecule has 0 amide bonds. The minimum atomic E-state index is -0.462. The van der Waals surface area contributed by atoms with Crippen LogP contribution in [-0.2, 0) is 6.42 Å². The highest BCUT2D eigenvalue weighted by Gasteiger charge is 2.21. The van der Waals surface area contributed by atoms with E-state index < -0.39 is 4.92 Å². The number of aryl methyl sites for hydroxylation is 1. The molecule has 1 rings (SSSR count). The molecular formula is C13H20N2O4. The Kier molecular flexibility index (Phi) is 5.57. The van der Waals surface area contributed by atoms with Crippen molar-refractivity contribution in [3.63, 3.8) is 0 Å². The summed E-state index contributed by atoms with van der Waals surface area (Å²) in [5.41, 5.74) is 6.45. The number of benzene rings is 1. The molecular weight excluding hydrogens is 248 g/mol. The first kappa shape index (κ1) is 15.2. The van der Waals surface area contributed by atoms with Crippen LogP contribution in [0.2, 0.25) is 0 Å². The molecule has 0 saturated carbocycles. The quantitative estimate of drug-likeness (QED) is 0.605. The van der Waals surface area contributed by atoms with Crippen LogP contribution < -0.4 is 15.2 Å². The molecule has 6 nitrogen and oxygen atoms in total. The summed E-state index contributed by atoms with van der Waals surface area (Å²) >= 11 is 0. The van der Waals surface area contributed by atoms with E-state index in [9.17, 15) is 10.1 Å². The minimum absolute atomic E-state index is 0.0525. The first-order valence-electron chi connectivity index (χ1n) is 6.23. The zero-order chi connectivity index (χ0) is 14.4. The maximum atomic E-state index is 11.1. The Morgan fingerprint density at radius 1 is 1.47 bits per heavy atom. The highest BCUT2D eigenvalue weighted by Crippen LogP contribution is 2.38. The molecule has 0 saturated heterocycles. The summed E-state index contributed by atoms with van der Waals surface area (Å²) in [5.74, 6) is 0.565. The van der Waals surface area contributed by atoms with E-state index in [0.717, 1.165) is 12.0 Å². The Labute approximate surface area is 112 Å². The fourth-order valence-corrected chi connectivity index (χ4v) is 1.79. The fourth-order valence-electron chi connectivity index (χ4n) is 1.79. The molecule has 0 aromatic heterocycles. The van der Waals surface area contributed by atoms with Crippen LogP contribution in [0.5, 0.6) is 11.5 Å². The van der Waals surface area contributed by atoms with Crippen molar-refractivity contribution < 1.29 is 14.4 Å². The van der Waals surface area contributed by atoms with Crippen molar-refractivity contribution in [2.45, 2.75) is 32.7 Å². The molecule has 0 radical (unpaired) electrons. The molecule has 0 heterocycles. The van der Waals surface area contributed by atoms with E-state index in [4.69, 9.17) is 15.2 Å². The number of rotatable bonds is 7. The van der Waals surface area contributed by atoms with Crippen molar-refractivity contribution in [2.75, 3.05) is 13.7 Å². The molecule has 0 aliphatic heterocycles. The zero-order valence-electron chi connectivity index (χ0n) is 11.5. The summed E-state index contributed by atoms with van der Waals surface area (Å²) in [4.78, 5) is 10.6. The Morgan fingerprint density at radius 2 is 2.16 bits per heavy atom. The standard InChI is InChI=1S/C13H20N2O4/c1-4-19-12-8-10(6-5-9(2)14)7-11(15(16)17)13(12)18-3/h7-9H,4-6,14H2,1-3H3. The van der Waals surface area contributed by atoms with Crippen molar-refractivity contribution in [1.82, 2.24) is 0 Å². The van der Waals surface area contributed by atoms with Crippen molar-refractivity contribution >= 4 is 5.69 Å². The second-order valence-corrected chi connectivity index (χ2v) is 4.35. The lowest BCUT2D eigenvalue weighted by Gasteiger charge is -2.12. The topological polar surface area (TPSA) is 87.6 Å². The fraction of sp³-hybridized carbons (Fsp3) is 0.538. The van der Waals surface area contributed by atoms with Gasteiger partial charge in [-0.2, -0.15) is 0 Å². The molecule has 2 N–H and O–H groups in total. The molecule has 1 aromatic rings. The van der Waals surface area contributed by atoms with Gasteiger partial charge in [0.05, 0.1) is 18.6 Å². The van der Waals surface area contributed by atoms with Crippen LogP contribution in [0.15, 0.2) is 12.1 Å². The normalized spacial score (nSPS) is 12.0. The van der Waals surface area contributed by atoms with Gasteiger partial charge in [-0.3, -0.25) is 10.1 Å². The van der Waals surface area contributed by atoms with Gasteiger partial charge >= 0.3 is 5.69 Å². The lowest BCUT2D eigenvalue weighted by Crippen LogP contribution is -2.15. The lowest BCUT2D eigenvalue weighted by molar-refractivity contribution is -0.385. The Bertz CT molecular complexity index is 447. The van der Waals surface area contributed by atoms with Crippen LogP contribution in [0.3, 0.4) is 0 Å². The number of methoxy groups -OCH3 is 1. The third-order valence-electron chi connectivity index (χ3n) is 2.68. The summed E-state index contributed by atoms with van der Waals surface area (Å²) in [5, 5.41) is 11.1. The molecule has 0 spiro atoms. The third kappa shape index (κ3) is 4.10. The number of ether oxygens (including phenoxy) is 2. The van der Waals surface area contributed by atoms with E-state index in [-0.39, 0.29) is 17.5 Å². The molecule has 1 unspecified atom stereocenters. The Hall–Kier alpha value is -1.82. The van der Waals surface area contributed by atoms with Gasteiger partial charge in [-0.1, -0.05) is 0 Å². The van der Waals surface area contributed by atoms with E-state index in [1.807, 2.05) is 13.8 Å².